The second kappa shape index (κ2) is 2.90. The Bertz CT molecular complexity index is 277. The van der Waals surface area contributed by atoms with Crippen molar-refractivity contribution in [3.63, 3.8) is 0 Å². The average Bonchev–Trinajstić information content (AvgIpc) is 2.46. The van der Waals surface area contributed by atoms with Crippen LogP contribution in [0.3, 0.4) is 0 Å². The summed E-state index contributed by atoms with van der Waals surface area (Å²) in [7, 11) is 0. The minimum Gasteiger partial charge on any atom is -0.332 e. The molecule has 0 bridgehead atoms. The van der Waals surface area contributed by atoms with E-state index in [1.807, 2.05) is 6.20 Å². The van der Waals surface area contributed by atoms with Crippen molar-refractivity contribution in [2.75, 3.05) is 0 Å². The SMILES string of the molecule is CCc1ncc2n1CCC(N)C2. The fourth-order valence-electron chi connectivity index (χ4n) is 1.84. The molecule has 1 aromatic rings. The van der Waals surface area contributed by atoms with Crippen LogP contribution in [0, 0.1) is 0 Å². The van der Waals surface area contributed by atoms with Gasteiger partial charge in [0.25, 0.3) is 0 Å². The molecule has 3 nitrogen and oxygen atoms in total. The molecule has 66 valence electrons. The fourth-order valence-corrected chi connectivity index (χ4v) is 1.84. The van der Waals surface area contributed by atoms with Gasteiger partial charge in [-0.1, -0.05) is 6.92 Å². The fraction of sp³-hybridized carbons (Fsp3) is 0.667. The molecule has 2 heterocycles. The molecule has 0 aromatic carbocycles. The molecule has 1 aromatic heterocycles. The van der Waals surface area contributed by atoms with Crippen molar-refractivity contribution in [1.29, 1.82) is 0 Å². The predicted octanol–water partition coefficient (Wildman–Crippen LogP) is 0.719. The van der Waals surface area contributed by atoms with Gasteiger partial charge in [-0.2, -0.15) is 0 Å². The molecule has 2 N–H and O–H groups in total. The Balaban J connectivity index is 2.32. The van der Waals surface area contributed by atoms with Crippen molar-refractivity contribution in [3.05, 3.63) is 17.7 Å². The highest BCUT2D eigenvalue weighted by molar-refractivity contribution is 5.09. The predicted molar refractivity (Wildman–Crippen MR) is 47.9 cm³/mol. The summed E-state index contributed by atoms with van der Waals surface area (Å²) < 4.78 is 2.31. The molecule has 2 rings (SSSR count). The number of rotatable bonds is 1. The van der Waals surface area contributed by atoms with Crippen LogP contribution in [-0.2, 0) is 19.4 Å². The summed E-state index contributed by atoms with van der Waals surface area (Å²) in [5.74, 6) is 1.21. The lowest BCUT2D eigenvalue weighted by molar-refractivity contribution is 0.461. The summed E-state index contributed by atoms with van der Waals surface area (Å²) in [5.41, 5.74) is 7.17. The maximum absolute atomic E-state index is 5.86. The Labute approximate surface area is 72.6 Å². The quantitative estimate of drug-likeness (QED) is 0.666. The lowest BCUT2D eigenvalue weighted by Crippen LogP contribution is -2.30. The van der Waals surface area contributed by atoms with E-state index in [4.69, 9.17) is 5.73 Å². The first kappa shape index (κ1) is 7.80. The van der Waals surface area contributed by atoms with Crippen LogP contribution in [0.4, 0.5) is 0 Å². The van der Waals surface area contributed by atoms with Gasteiger partial charge in [0.2, 0.25) is 0 Å². The molecule has 12 heavy (non-hydrogen) atoms. The van der Waals surface area contributed by atoms with Gasteiger partial charge in [-0.05, 0) is 6.42 Å². The van der Waals surface area contributed by atoms with Crippen LogP contribution in [0.25, 0.3) is 0 Å². The topological polar surface area (TPSA) is 43.8 Å². The maximum Gasteiger partial charge on any atom is 0.108 e. The molecule has 0 spiro atoms. The second-order valence-electron chi connectivity index (χ2n) is 3.42. The Hall–Kier alpha value is -0.830. The Morgan fingerprint density at radius 2 is 2.58 bits per heavy atom. The zero-order valence-electron chi connectivity index (χ0n) is 7.45. The normalized spacial score (nSPS) is 22.3. The van der Waals surface area contributed by atoms with Crippen LogP contribution in [0.1, 0.15) is 24.9 Å². The molecule has 0 saturated carbocycles. The number of imidazole rings is 1. The summed E-state index contributed by atoms with van der Waals surface area (Å²) in [6.45, 7) is 3.20. The smallest absolute Gasteiger partial charge is 0.108 e. The Morgan fingerprint density at radius 3 is 3.33 bits per heavy atom. The highest BCUT2D eigenvalue weighted by atomic mass is 15.1. The van der Waals surface area contributed by atoms with Crippen LogP contribution in [0.5, 0.6) is 0 Å². The molecular formula is C9H15N3. The first-order valence-electron chi connectivity index (χ1n) is 4.60. The van der Waals surface area contributed by atoms with Gasteiger partial charge in [0.15, 0.2) is 0 Å². The van der Waals surface area contributed by atoms with Gasteiger partial charge in [-0.3, -0.25) is 0 Å². The third-order valence-electron chi connectivity index (χ3n) is 2.53. The number of fused-ring (bicyclic) bond motifs is 1. The van der Waals surface area contributed by atoms with Crippen LogP contribution in [-0.4, -0.2) is 15.6 Å². The average molecular weight is 165 g/mol. The second-order valence-corrected chi connectivity index (χ2v) is 3.42. The van der Waals surface area contributed by atoms with Crippen molar-refractivity contribution >= 4 is 0 Å². The summed E-state index contributed by atoms with van der Waals surface area (Å²) in [6.07, 6.45) is 5.08. The molecule has 3 heteroatoms. The van der Waals surface area contributed by atoms with Crippen molar-refractivity contribution in [2.24, 2.45) is 5.73 Å². The zero-order valence-corrected chi connectivity index (χ0v) is 7.45. The molecule has 0 amide bonds. The van der Waals surface area contributed by atoms with Crippen molar-refractivity contribution < 1.29 is 0 Å². The van der Waals surface area contributed by atoms with E-state index in [0.29, 0.717) is 6.04 Å². The highest BCUT2D eigenvalue weighted by Gasteiger charge is 2.17. The molecule has 1 unspecified atom stereocenters. The van der Waals surface area contributed by atoms with E-state index >= 15 is 0 Å². The van der Waals surface area contributed by atoms with Crippen LogP contribution >= 0.6 is 0 Å². The third-order valence-corrected chi connectivity index (χ3v) is 2.53. The number of nitrogens with zero attached hydrogens (tertiary/aromatic N) is 2. The molecule has 1 aliphatic heterocycles. The molecule has 0 aliphatic carbocycles. The van der Waals surface area contributed by atoms with E-state index in [2.05, 4.69) is 16.5 Å². The van der Waals surface area contributed by atoms with E-state index < -0.39 is 0 Å². The van der Waals surface area contributed by atoms with Gasteiger partial charge in [-0.25, -0.2) is 4.98 Å². The van der Waals surface area contributed by atoms with E-state index in [1.54, 1.807) is 0 Å². The summed E-state index contributed by atoms with van der Waals surface area (Å²) in [4.78, 5) is 4.36. The first-order valence-corrected chi connectivity index (χ1v) is 4.60. The largest absolute Gasteiger partial charge is 0.332 e. The highest BCUT2D eigenvalue weighted by Crippen LogP contribution is 2.15. The van der Waals surface area contributed by atoms with Gasteiger partial charge < -0.3 is 10.3 Å². The molecular weight excluding hydrogens is 150 g/mol. The van der Waals surface area contributed by atoms with Crippen LogP contribution in [0.15, 0.2) is 6.20 Å². The van der Waals surface area contributed by atoms with Gasteiger partial charge >= 0.3 is 0 Å². The molecule has 1 aliphatic rings. The van der Waals surface area contributed by atoms with E-state index in [9.17, 15) is 0 Å². The first-order chi connectivity index (χ1) is 5.81. The minimum absolute atomic E-state index is 0.346. The Morgan fingerprint density at radius 1 is 1.75 bits per heavy atom. The summed E-state index contributed by atoms with van der Waals surface area (Å²) >= 11 is 0. The zero-order chi connectivity index (χ0) is 8.55. The van der Waals surface area contributed by atoms with Crippen molar-refractivity contribution in [1.82, 2.24) is 9.55 Å². The molecule has 0 saturated heterocycles. The van der Waals surface area contributed by atoms with Gasteiger partial charge in [-0.15, -0.1) is 0 Å². The molecule has 1 atom stereocenters. The van der Waals surface area contributed by atoms with E-state index in [1.165, 1.54) is 11.5 Å². The molecule has 0 fully saturated rings. The summed E-state index contributed by atoms with van der Waals surface area (Å²) in [5, 5.41) is 0. The van der Waals surface area contributed by atoms with Crippen LogP contribution < -0.4 is 5.73 Å². The van der Waals surface area contributed by atoms with Gasteiger partial charge in [0.1, 0.15) is 5.82 Å². The van der Waals surface area contributed by atoms with Gasteiger partial charge in [0, 0.05) is 37.3 Å². The van der Waals surface area contributed by atoms with E-state index in [-0.39, 0.29) is 0 Å². The lowest BCUT2D eigenvalue weighted by atomic mass is 10.1. The molecule has 0 radical (unpaired) electrons. The van der Waals surface area contributed by atoms with Crippen LogP contribution in [0.2, 0.25) is 0 Å². The number of aromatic nitrogens is 2. The van der Waals surface area contributed by atoms with E-state index in [0.717, 1.165) is 25.8 Å². The van der Waals surface area contributed by atoms with Gasteiger partial charge in [0.05, 0.1) is 0 Å². The Kier molecular flexibility index (Phi) is 1.89. The maximum atomic E-state index is 5.86. The van der Waals surface area contributed by atoms with Crippen molar-refractivity contribution in [3.8, 4) is 0 Å². The van der Waals surface area contributed by atoms with Crippen molar-refractivity contribution in [2.45, 2.75) is 38.8 Å². The minimum atomic E-state index is 0.346. The number of nitrogens with two attached hydrogens (primary N) is 1. The number of hydrogen-bond donors (Lipinski definition) is 1. The standard InChI is InChI=1S/C9H15N3/c1-2-9-11-6-8-5-7(10)3-4-12(8)9/h6-7H,2-5,10H2,1H3. The summed E-state index contributed by atoms with van der Waals surface area (Å²) in [6, 6.07) is 0.346. The number of hydrogen-bond acceptors (Lipinski definition) is 2. The lowest BCUT2D eigenvalue weighted by Gasteiger charge is -2.21. The third kappa shape index (κ3) is 1.14. The monoisotopic (exact) mass is 165 g/mol. The number of aryl methyl sites for hydroxylation is 1.